The zero-order valence-electron chi connectivity index (χ0n) is 13.0. The van der Waals surface area contributed by atoms with E-state index in [1.807, 2.05) is 13.2 Å². The van der Waals surface area contributed by atoms with Crippen molar-refractivity contribution in [1.29, 1.82) is 0 Å². The lowest BCUT2D eigenvalue weighted by Crippen LogP contribution is -2.36. The van der Waals surface area contributed by atoms with Crippen molar-refractivity contribution in [3.8, 4) is 0 Å². The van der Waals surface area contributed by atoms with E-state index in [2.05, 4.69) is 42.3 Å². The molecule has 1 fully saturated rings. The van der Waals surface area contributed by atoms with Crippen molar-refractivity contribution in [3.63, 3.8) is 0 Å². The standard InChI is InChI=1S/C17H23N3O/c1-12(2)13-4-5-14-15(10-13)17(19-11-16(14)18-3)20-6-8-21-9-7-20/h4-5,10-12,18H,6-9H2,1-3H3. The van der Waals surface area contributed by atoms with Gasteiger partial charge in [0, 0.05) is 30.9 Å². The maximum Gasteiger partial charge on any atom is 0.136 e. The molecular weight excluding hydrogens is 262 g/mol. The van der Waals surface area contributed by atoms with Gasteiger partial charge in [-0.05, 0) is 17.5 Å². The Hall–Kier alpha value is -1.81. The lowest BCUT2D eigenvalue weighted by atomic mass is 9.99. The molecule has 0 spiro atoms. The number of hydrogen-bond acceptors (Lipinski definition) is 4. The molecule has 1 saturated heterocycles. The minimum absolute atomic E-state index is 0.519. The smallest absolute Gasteiger partial charge is 0.136 e. The Bertz CT molecular complexity index is 633. The highest BCUT2D eigenvalue weighted by Crippen LogP contribution is 2.32. The van der Waals surface area contributed by atoms with Gasteiger partial charge in [0.1, 0.15) is 5.82 Å². The largest absolute Gasteiger partial charge is 0.386 e. The number of aromatic nitrogens is 1. The molecule has 4 nitrogen and oxygen atoms in total. The zero-order valence-corrected chi connectivity index (χ0v) is 13.0. The molecular formula is C17H23N3O. The molecule has 1 aromatic carbocycles. The van der Waals surface area contributed by atoms with Crippen LogP contribution in [0.1, 0.15) is 25.3 Å². The molecule has 1 aliphatic rings. The summed E-state index contributed by atoms with van der Waals surface area (Å²) in [7, 11) is 1.95. The van der Waals surface area contributed by atoms with Gasteiger partial charge in [-0.1, -0.05) is 26.0 Å². The van der Waals surface area contributed by atoms with Gasteiger partial charge in [-0.25, -0.2) is 4.98 Å². The molecule has 0 aliphatic carbocycles. The van der Waals surface area contributed by atoms with E-state index < -0.39 is 0 Å². The number of benzene rings is 1. The minimum atomic E-state index is 0.519. The van der Waals surface area contributed by atoms with Crippen LogP contribution in [0.25, 0.3) is 10.8 Å². The maximum absolute atomic E-state index is 5.46. The molecule has 1 aliphatic heterocycles. The SMILES string of the molecule is CNc1cnc(N2CCOCC2)c2cc(C(C)C)ccc12. The molecule has 1 aromatic heterocycles. The van der Waals surface area contributed by atoms with Gasteiger partial charge in [0.15, 0.2) is 0 Å². The summed E-state index contributed by atoms with van der Waals surface area (Å²) >= 11 is 0. The van der Waals surface area contributed by atoms with Crippen LogP contribution in [0.3, 0.4) is 0 Å². The predicted octanol–water partition coefficient (Wildman–Crippen LogP) is 3.24. The van der Waals surface area contributed by atoms with E-state index >= 15 is 0 Å². The summed E-state index contributed by atoms with van der Waals surface area (Å²) in [4.78, 5) is 7.04. The van der Waals surface area contributed by atoms with Crippen LogP contribution in [0.4, 0.5) is 11.5 Å². The summed E-state index contributed by atoms with van der Waals surface area (Å²) < 4.78 is 5.46. The number of hydrogen-bond donors (Lipinski definition) is 1. The normalized spacial score (nSPS) is 15.7. The molecule has 2 heterocycles. The van der Waals surface area contributed by atoms with Gasteiger partial charge in [-0.2, -0.15) is 0 Å². The van der Waals surface area contributed by atoms with E-state index in [4.69, 9.17) is 9.72 Å². The molecule has 2 aromatic rings. The number of rotatable bonds is 3. The van der Waals surface area contributed by atoms with E-state index in [0.717, 1.165) is 37.8 Å². The first-order valence-electron chi connectivity index (χ1n) is 7.64. The van der Waals surface area contributed by atoms with E-state index in [0.29, 0.717) is 5.92 Å². The molecule has 0 bridgehead atoms. The fourth-order valence-corrected chi connectivity index (χ4v) is 2.83. The first-order chi connectivity index (χ1) is 10.2. The summed E-state index contributed by atoms with van der Waals surface area (Å²) in [6.45, 7) is 7.83. The Morgan fingerprint density at radius 2 is 1.95 bits per heavy atom. The molecule has 4 heteroatoms. The van der Waals surface area contributed by atoms with Crippen LogP contribution in [0.15, 0.2) is 24.4 Å². The quantitative estimate of drug-likeness (QED) is 0.939. The third-order valence-corrected chi connectivity index (χ3v) is 4.14. The van der Waals surface area contributed by atoms with Gasteiger partial charge < -0.3 is 15.0 Å². The second-order valence-corrected chi connectivity index (χ2v) is 5.80. The molecule has 21 heavy (non-hydrogen) atoms. The monoisotopic (exact) mass is 285 g/mol. The van der Waals surface area contributed by atoms with Crippen molar-refractivity contribution in [2.75, 3.05) is 43.6 Å². The van der Waals surface area contributed by atoms with Gasteiger partial charge in [-0.3, -0.25) is 0 Å². The summed E-state index contributed by atoms with van der Waals surface area (Å²) in [5, 5.41) is 5.71. The van der Waals surface area contributed by atoms with Gasteiger partial charge >= 0.3 is 0 Å². The Kier molecular flexibility index (Phi) is 3.97. The Balaban J connectivity index is 2.16. The van der Waals surface area contributed by atoms with Crippen LogP contribution >= 0.6 is 0 Å². The van der Waals surface area contributed by atoms with Gasteiger partial charge in [-0.15, -0.1) is 0 Å². The molecule has 0 atom stereocenters. The lowest BCUT2D eigenvalue weighted by Gasteiger charge is -2.29. The molecule has 3 rings (SSSR count). The van der Waals surface area contributed by atoms with Gasteiger partial charge in [0.25, 0.3) is 0 Å². The van der Waals surface area contributed by atoms with Crippen LogP contribution in [0, 0.1) is 0 Å². The second-order valence-electron chi connectivity index (χ2n) is 5.80. The summed E-state index contributed by atoms with van der Waals surface area (Å²) in [6.07, 6.45) is 1.93. The molecule has 0 radical (unpaired) electrons. The number of morpholine rings is 1. The predicted molar refractivity (Wildman–Crippen MR) is 88.4 cm³/mol. The first-order valence-corrected chi connectivity index (χ1v) is 7.64. The molecule has 112 valence electrons. The molecule has 0 amide bonds. The average molecular weight is 285 g/mol. The van der Waals surface area contributed by atoms with Crippen LogP contribution in [0.5, 0.6) is 0 Å². The number of fused-ring (bicyclic) bond motifs is 1. The first kappa shape index (κ1) is 14.1. The van der Waals surface area contributed by atoms with E-state index in [1.165, 1.54) is 16.3 Å². The van der Waals surface area contributed by atoms with Crippen LogP contribution in [-0.2, 0) is 4.74 Å². The third kappa shape index (κ3) is 2.68. The zero-order chi connectivity index (χ0) is 14.8. The van der Waals surface area contributed by atoms with Crippen molar-refractivity contribution in [2.45, 2.75) is 19.8 Å². The number of pyridine rings is 1. The average Bonchev–Trinajstić information content (AvgIpc) is 2.54. The summed E-state index contributed by atoms with van der Waals surface area (Å²) in [5.41, 5.74) is 2.43. The number of nitrogens with zero attached hydrogens (tertiary/aromatic N) is 2. The molecule has 0 saturated carbocycles. The van der Waals surface area contributed by atoms with Crippen molar-refractivity contribution in [1.82, 2.24) is 4.98 Å². The highest BCUT2D eigenvalue weighted by atomic mass is 16.5. The molecule has 1 N–H and O–H groups in total. The second kappa shape index (κ2) is 5.90. The summed E-state index contributed by atoms with van der Waals surface area (Å²) in [6, 6.07) is 6.72. The highest BCUT2D eigenvalue weighted by Gasteiger charge is 2.17. The van der Waals surface area contributed by atoms with Crippen LogP contribution in [0.2, 0.25) is 0 Å². The van der Waals surface area contributed by atoms with Crippen molar-refractivity contribution >= 4 is 22.3 Å². The third-order valence-electron chi connectivity index (χ3n) is 4.14. The number of anilines is 2. The Morgan fingerprint density at radius 3 is 2.62 bits per heavy atom. The van der Waals surface area contributed by atoms with Crippen molar-refractivity contribution < 1.29 is 4.74 Å². The van der Waals surface area contributed by atoms with Gasteiger partial charge in [0.2, 0.25) is 0 Å². The van der Waals surface area contributed by atoms with E-state index in [1.54, 1.807) is 0 Å². The number of nitrogens with one attached hydrogen (secondary N) is 1. The Morgan fingerprint density at radius 1 is 1.19 bits per heavy atom. The fraction of sp³-hybridized carbons (Fsp3) is 0.471. The van der Waals surface area contributed by atoms with E-state index in [9.17, 15) is 0 Å². The highest BCUT2D eigenvalue weighted by molar-refractivity contribution is 6.00. The number of ether oxygens (including phenoxy) is 1. The maximum atomic E-state index is 5.46. The fourth-order valence-electron chi connectivity index (χ4n) is 2.83. The van der Waals surface area contributed by atoms with E-state index in [-0.39, 0.29) is 0 Å². The topological polar surface area (TPSA) is 37.4 Å². The lowest BCUT2D eigenvalue weighted by molar-refractivity contribution is 0.122. The van der Waals surface area contributed by atoms with Crippen molar-refractivity contribution in [3.05, 3.63) is 30.0 Å². The van der Waals surface area contributed by atoms with Crippen LogP contribution in [-0.4, -0.2) is 38.3 Å². The molecule has 0 unspecified atom stereocenters. The van der Waals surface area contributed by atoms with Crippen molar-refractivity contribution in [2.24, 2.45) is 0 Å². The van der Waals surface area contributed by atoms with Gasteiger partial charge in [0.05, 0.1) is 25.1 Å². The summed E-state index contributed by atoms with van der Waals surface area (Å²) in [5.74, 6) is 1.60. The Labute approximate surface area is 126 Å². The minimum Gasteiger partial charge on any atom is -0.386 e. The van der Waals surface area contributed by atoms with Crippen LogP contribution < -0.4 is 10.2 Å².